The summed E-state index contributed by atoms with van der Waals surface area (Å²) in [6, 6.07) is 0.0259. The van der Waals surface area contributed by atoms with Gasteiger partial charge in [-0.15, -0.1) is 0 Å². The topological polar surface area (TPSA) is 73.8 Å². The molecule has 5 heteroatoms. The van der Waals surface area contributed by atoms with E-state index in [-0.39, 0.29) is 17.7 Å². The summed E-state index contributed by atoms with van der Waals surface area (Å²) in [6.07, 6.45) is 7.24. The quantitative estimate of drug-likeness (QED) is 0.818. The van der Waals surface area contributed by atoms with Crippen LogP contribution in [-0.2, 0) is 17.8 Å². The number of aromatic nitrogens is 3. The number of nitrogens with zero attached hydrogens (tertiary/aromatic N) is 3. The minimum absolute atomic E-state index is 0.00880. The lowest BCUT2D eigenvalue weighted by Crippen LogP contribution is -2.35. The molecule has 1 saturated carbocycles. The Morgan fingerprint density at radius 1 is 1.44 bits per heavy atom. The van der Waals surface area contributed by atoms with Crippen LogP contribution in [0.4, 0.5) is 0 Å². The van der Waals surface area contributed by atoms with Gasteiger partial charge >= 0.3 is 0 Å². The number of carbonyl (C=O) groups is 1. The third-order valence-electron chi connectivity index (χ3n) is 3.81. The maximum atomic E-state index is 12.3. The van der Waals surface area contributed by atoms with Crippen molar-refractivity contribution in [3.8, 4) is 0 Å². The van der Waals surface area contributed by atoms with E-state index in [4.69, 9.17) is 5.73 Å². The Morgan fingerprint density at radius 2 is 2.22 bits per heavy atom. The van der Waals surface area contributed by atoms with Crippen LogP contribution in [0.1, 0.15) is 44.9 Å². The summed E-state index contributed by atoms with van der Waals surface area (Å²) in [6.45, 7) is 2.75. The van der Waals surface area contributed by atoms with Crippen LogP contribution in [0.2, 0.25) is 0 Å². The summed E-state index contributed by atoms with van der Waals surface area (Å²) in [4.78, 5) is 16.5. The highest BCUT2D eigenvalue weighted by Crippen LogP contribution is 2.23. The van der Waals surface area contributed by atoms with E-state index >= 15 is 0 Å². The Morgan fingerprint density at radius 3 is 3.00 bits per heavy atom. The van der Waals surface area contributed by atoms with Crippen LogP contribution < -0.4 is 5.73 Å². The van der Waals surface area contributed by atoms with Crippen molar-refractivity contribution in [1.82, 2.24) is 14.8 Å². The van der Waals surface area contributed by atoms with E-state index < -0.39 is 0 Å². The number of Topliss-reactive ketones (excluding diaryl/α,β-unsaturated/α-hetero) is 1. The number of carbonyl (C=O) groups excluding carboxylic acids is 1. The summed E-state index contributed by atoms with van der Waals surface area (Å²) in [5, 5.41) is 4.09. The minimum atomic E-state index is 0.00880. The Kier molecular flexibility index (Phi) is 4.47. The molecular formula is C13H22N4O. The normalized spacial score (nSPS) is 24.8. The number of hydrogen-bond acceptors (Lipinski definition) is 4. The summed E-state index contributed by atoms with van der Waals surface area (Å²) < 4.78 is 1.78. The average molecular weight is 250 g/mol. The van der Waals surface area contributed by atoms with Crippen molar-refractivity contribution in [2.45, 2.75) is 58.0 Å². The van der Waals surface area contributed by atoms with Gasteiger partial charge in [0, 0.05) is 18.5 Å². The molecule has 2 N–H and O–H groups in total. The highest BCUT2D eigenvalue weighted by molar-refractivity contribution is 5.83. The van der Waals surface area contributed by atoms with Gasteiger partial charge in [-0.25, -0.2) is 9.67 Å². The number of ketones is 1. The predicted molar refractivity (Wildman–Crippen MR) is 69.0 cm³/mol. The zero-order valence-corrected chi connectivity index (χ0v) is 11.0. The van der Waals surface area contributed by atoms with E-state index in [2.05, 4.69) is 10.1 Å². The number of nitrogens with two attached hydrogens (primary N) is 1. The number of aryl methyl sites for hydroxylation is 1. The van der Waals surface area contributed by atoms with Crippen molar-refractivity contribution < 1.29 is 4.79 Å². The molecule has 1 aromatic rings. The van der Waals surface area contributed by atoms with Gasteiger partial charge in [0.05, 0.1) is 6.42 Å². The monoisotopic (exact) mass is 250 g/mol. The zero-order chi connectivity index (χ0) is 13.0. The Bertz CT molecular complexity index is 401. The lowest BCUT2D eigenvalue weighted by Gasteiger charge is -2.19. The second kappa shape index (κ2) is 6.09. The zero-order valence-electron chi connectivity index (χ0n) is 11.0. The van der Waals surface area contributed by atoms with Crippen LogP contribution >= 0.6 is 0 Å². The molecule has 1 heterocycles. The summed E-state index contributed by atoms with van der Waals surface area (Å²) in [5.74, 6) is 1.00. The number of rotatable bonds is 4. The maximum Gasteiger partial charge on any atom is 0.145 e. The fourth-order valence-corrected chi connectivity index (χ4v) is 2.71. The number of hydrogen-bond donors (Lipinski definition) is 1. The lowest BCUT2D eigenvalue weighted by molar-refractivity contribution is -0.123. The molecule has 1 aromatic heterocycles. The third-order valence-corrected chi connectivity index (χ3v) is 3.81. The van der Waals surface area contributed by atoms with Gasteiger partial charge in [0.25, 0.3) is 0 Å². The first kappa shape index (κ1) is 13.2. The molecule has 2 rings (SSSR count). The Labute approximate surface area is 108 Å². The molecule has 0 spiro atoms. The van der Waals surface area contributed by atoms with Gasteiger partial charge in [-0.2, -0.15) is 5.10 Å². The second-order valence-corrected chi connectivity index (χ2v) is 5.04. The molecule has 0 radical (unpaired) electrons. The standard InChI is InChI=1S/C13H22N4O/c1-2-17-13(15-9-16-17)8-12(18)10-6-4-3-5-7-11(10)14/h9-11H,2-8,14H2,1H3. The van der Waals surface area contributed by atoms with Crippen molar-refractivity contribution in [3.63, 3.8) is 0 Å². The maximum absolute atomic E-state index is 12.3. The van der Waals surface area contributed by atoms with Crippen LogP contribution in [0.3, 0.4) is 0 Å². The molecule has 0 aliphatic heterocycles. The van der Waals surface area contributed by atoms with Gasteiger partial charge in [0.1, 0.15) is 17.9 Å². The van der Waals surface area contributed by atoms with E-state index in [1.165, 1.54) is 12.7 Å². The van der Waals surface area contributed by atoms with E-state index in [0.717, 1.165) is 38.1 Å². The summed E-state index contributed by atoms with van der Waals surface area (Å²) in [7, 11) is 0. The van der Waals surface area contributed by atoms with E-state index in [9.17, 15) is 4.79 Å². The molecule has 18 heavy (non-hydrogen) atoms. The molecule has 0 saturated heterocycles. The van der Waals surface area contributed by atoms with Crippen LogP contribution in [0.25, 0.3) is 0 Å². The molecule has 1 aliphatic rings. The Balaban J connectivity index is 2.02. The van der Waals surface area contributed by atoms with Crippen molar-refractivity contribution >= 4 is 5.78 Å². The molecule has 0 aromatic carbocycles. The van der Waals surface area contributed by atoms with Gasteiger partial charge in [-0.1, -0.05) is 19.3 Å². The molecule has 1 fully saturated rings. The Hall–Kier alpha value is -1.23. The molecule has 2 atom stereocenters. The van der Waals surface area contributed by atoms with Crippen LogP contribution in [-0.4, -0.2) is 26.6 Å². The van der Waals surface area contributed by atoms with Crippen LogP contribution in [0.5, 0.6) is 0 Å². The first-order valence-corrected chi connectivity index (χ1v) is 6.87. The largest absolute Gasteiger partial charge is 0.327 e. The molecule has 0 amide bonds. The van der Waals surface area contributed by atoms with Crippen molar-refractivity contribution in [3.05, 3.63) is 12.2 Å². The third kappa shape index (κ3) is 2.96. The van der Waals surface area contributed by atoms with Gasteiger partial charge in [0.2, 0.25) is 0 Å². The van der Waals surface area contributed by atoms with Gasteiger partial charge in [-0.3, -0.25) is 4.79 Å². The molecule has 2 unspecified atom stereocenters. The lowest BCUT2D eigenvalue weighted by atomic mass is 9.89. The van der Waals surface area contributed by atoms with Crippen molar-refractivity contribution in [2.24, 2.45) is 11.7 Å². The SMILES string of the molecule is CCn1ncnc1CC(=O)C1CCCCCC1N. The van der Waals surface area contributed by atoms with Gasteiger partial charge in [0.15, 0.2) is 0 Å². The molecule has 5 nitrogen and oxygen atoms in total. The van der Waals surface area contributed by atoms with Crippen molar-refractivity contribution in [1.29, 1.82) is 0 Å². The van der Waals surface area contributed by atoms with E-state index in [1.54, 1.807) is 4.68 Å². The second-order valence-electron chi connectivity index (χ2n) is 5.04. The van der Waals surface area contributed by atoms with Crippen LogP contribution in [0, 0.1) is 5.92 Å². The average Bonchev–Trinajstić information content (AvgIpc) is 2.69. The van der Waals surface area contributed by atoms with Gasteiger partial charge < -0.3 is 5.73 Å². The summed E-state index contributed by atoms with van der Waals surface area (Å²) in [5.41, 5.74) is 6.12. The van der Waals surface area contributed by atoms with Crippen LogP contribution in [0.15, 0.2) is 6.33 Å². The molecule has 100 valence electrons. The fraction of sp³-hybridized carbons (Fsp3) is 0.769. The summed E-state index contributed by atoms with van der Waals surface area (Å²) >= 11 is 0. The fourth-order valence-electron chi connectivity index (χ4n) is 2.71. The van der Waals surface area contributed by atoms with Gasteiger partial charge in [-0.05, 0) is 19.8 Å². The first-order valence-electron chi connectivity index (χ1n) is 6.87. The highest BCUT2D eigenvalue weighted by atomic mass is 16.1. The van der Waals surface area contributed by atoms with E-state index in [1.807, 2.05) is 6.92 Å². The molecule has 1 aliphatic carbocycles. The highest BCUT2D eigenvalue weighted by Gasteiger charge is 2.27. The smallest absolute Gasteiger partial charge is 0.145 e. The molecule has 0 bridgehead atoms. The van der Waals surface area contributed by atoms with E-state index in [0.29, 0.717) is 6.42 Å². The first-order chi connectivity index (χ1) is 8.72. The van der Waals surface area contributed by atoms with Crippen molar-refractivity contribution in [2.75, 3.05) is 0 Å². The predicted octanol–water partition coefficient (Wildman–Crippen LogP) is 1.32. The minimum Gasteiger partial charge on any atom is -0.327 e. The molecular weight excluding hydrogens is 228 g/mol.